The molecule has 0 nitrogen and oxygen atoms in total. The zero-order valence-corrected chi connectivity index (χ0v) is 13.3. The lowest BCUT2D eigenvalue weighted by Crippen LogP contribution is -2.13. The van der Waals surface area contributed by atoms with E-state index in [0.29, 0.717) is 5.92 Å². The lowest BCUT2D eigenvalue weighted by molar-refractivity contribution is 0.294. The van der Waals surface area contributed by atoms with Crippen LogP contribution in [0.25, 0.3) is 0 Å². The molecule has 1 aromatic rings. The van der Waals surface area contributed by atoms with Crippen molar-refractivity contribution in [3.63, 3.8) is 0 Å². The smallest absolute Gasteiger partial charge is 0.0406 e. The minimum absolute atomic E-state index is 0.605. The van der Waals surface area contributed by atoms with E-state index in [0.717, 1.165) is 16.5 Å². The Morgan fingerprint density at radius 3 is 2.40 bits per heavy atom. The van der Waals surface area contributed by atoms with Gasteiger partial charge in [-0.05, 0) is 55.9 Å². The highest BCUT2D eigenvalue weighted by molar-refractivity contribution is 6.30. The van der Waals surface area contributed by atoms with Gasteiger partial charge in [0.2, 0.25) is 0 Å². The quantitative estimate of drug-likeness (QED) is 0.465. The summed E-state index contributed by atoms with van der Waals surface area (Å²) in [4.78, 5) is 0. The minimum atomic E-state index is 0.605. The normalized spacial score (nSPS) is 22.1. The molecule has 0 amide bonds. The summed E-state index contributed by atoms with van der Waals surface area (Å²) < 4.78 is 0. The lowest BCUT2D eigenvalue weighted by atomic mass is 9.80. The van der Waals surface area contributed by atoms with Gasteiger partial charge in [0.05, 0.1) is 0 Å². The van der Waals surface area contributed by atoms with Gasteiger partial charge in [-0.25, -0.2) is 0 Å². The van der Waals surface area contributed by atoms with Gasteiger partial charge in [-0.1, -0.05) is 56.0 Å². The minimum Gasteiger partial charge on any atom is -0.0945 e. The Hall–Kier alpha value is -0.930. The highest BCUT2D eigenvalue weighted by Crippen LogP contribution is 2.31. The largest absolute Gasteiger partial charge is 0.0945 e. The number of unbranched alkanes of at least 4 members (excludes halogenated alkanes) is 2. The van der Waals surface area contributed by atoms with Crippen LogP contribution in [0, 0.1) is 23.7 Å². The van der Waals surface area contributed by atoms with Crippen LogP contribution in [0.5, 0.6) is 0 Å². The molecule has 1 aliphatic carbocycles. The maximum atomic E-state index is 5.88. The third kappa shape index (κ3) is 5.22. The second-order valence-electron chi connectivity index (χ2n) is 5.99. The van der Waals surface area contributed by atoms with Crippen molar-refractivity contribution >= 4 is 11.6 Å². The molecule has 1 fully saturated rings. The van der Waals surface area contributed by atoms with Crippen LogP contribution in [-0.2, 0) is 0 Å². The number of hydrogen-bond donors (Lipinski definition) is 0. The Morgan fingerprint density at radius 1 is 1.05 bits per heavy atom. The molecule has 1 aliphatic rings. The van der Waals surface area contributed by atoms with Crippen molar-refractivity contribution in [3.05, 3.63) is 34.9 Å². The first-order chi connectivity index (χ1) is 9.78. The monoisotopic (exact) mass is 288 g/mol. The highest BCUT2D eigenvalue weighted by Gasteiger charge is 2.19. The van der Waals surface area contributed by atoms with E-state index in [4.69, 9.17) is 11.6 Å². The average Bonchev–Trinajstić information content (AvgIpc) is 2.48. The summed E-state index contributed by atoms with van der Waals surface area (Å²) in [5.74, 6) is 8.32. The predicted molar refractivity (Wildman–Crippen MR) is 87.9 cm³/mol. The number of hydrogen-bond acceptors (Lipinski definition) is 0. The Morgan fingerprint density at radius 2 is 1.75 bits per heavy atom. The van der Waals surface area contributed by atoms with Crippen LogP contribution in [-0.4, -0.2) is 0 Å². The van der Waals surface area contributed by atoms with Crippen molar-refractivity contribution in [2.24, 2.45) is 11.8 Å². The van der Waals surface area contributed by atoms with Gasteiger partial charge in [-0.3, -0.25) is 0 Å². The number of benzene rings is 1. The Balaban J connectivity index is 1.76. The molecule has 1 heteroatoms. The van der Waals surface area contributed by atoms with Gasteiger partial charge in [0.1, 0.15) is 0 Å². The van der Waals surface area contributed by atoms with E-state index in [1.54, 1.807) is 0 Å². The molecule has 0 heterocycles. The molecule has 20 heavy (non-hydrogen) atoms. The van der Waals surface area contributed by atoms with Crippen molar-refractivity contribution in [2.75, 3.05) is 0 Å². The summed E-state index contributed by atoms with van der Waals surface area (Å²) in [7, 11) is 0. The van der Waals surface area contributed by atoms with Gasteiger partial charge in [-0.15, -0.1) is 0 Å². The first kappa shape index (κ1) is 15.5. The van der Waals surface area contributed by atoms with Crippen molar-refractivity contribution in [3.8, 4) is 11.8 Å². The molecule has 0 unspecified atom stereocenters. The third-order valence-electron chi connectivity index (χ3n) is 4.33. The third-order valence-corrected chi connectivity index (χ3v) is 4.58. The van der Waals surface area contributed by atoms with E-state index in [1.165, 1.54) is 51.4 Å². The Labute approximate surface area is 128 Å². The first-order valence-electron chi connectivity index (χ1n) is 8.05. The number of halogens is 1. The molecule has 0 aliphatic heterocycles. The van der Waals surface area contributed by atoms with E-state index in [1.807, 2.05) is 24.3 Å². The molecular weight excluding hydrogens is 264 g/mol. The summed E-state index contributed by atoms with van der Waals surface area (Å²) in [6.45, 7) is 2.28. The zero-order chi connectivity index (χ0) is 14.2. The van der Waals surface area contributed by atoms with E-state index in [-0.39, 0.29) is 0 Å². The molecular formula is C19H25Cl. The standard InChI is InChI=1S/C19H25Cl/c1-2-3-4-5-16-6-8-17(9-7-16)10-11-18-12-14-19(20)15-13-18/h12-17H,2-9H2,1H3/t16-,17-. The Bertz CT molecular complexity index is 441. The van der Waals surface area contributed by atoms with E-state index in [9.17, 15) is 0 Å². The van der Waals surface area contributed by atoms with Crippen LogP contribution in [0.1, 0.15) is 63.9 Å². The van der Waals surface area contributed by atoms with Gasteiger partial charge in [-0.2, -0.15) is 0 Å². The Kier molecular flexibility index (Phi) is 6.48. The van der Waals surface area contributed by atoms with Crippen LogP contribution >= 0.6 is 11.6 Å². The molecule has 1 saturated carbocycles. The summed E-state index contributed by atoms with van der Waals surface area (Å²) in [5.41, 5.74) is 1.08. The van der Waals surface area contributed by atoms with Gasteiger partial charge >= 0.3 is 0 Å². The fourth-order valence-electron chi connectivity index (χ4n) is 3.00. The van der Waals surface area contributed by atoms with Gasteiger partial charge < -0.3 is 0 Å². The fraction of sp³-hybridized carbons (Fsp3) is 0.579. The molecule has 0 spiro atoms. The molecule has 2 rings (SSSR count). The second-order valence-corrected chi connectivity index (χ2v) is 6.43. The molecule has 0 saturated heterocycles. The summed E-state index contributed by atoms with van der Waals surface area (Å²) in [6, 6.07) is 7.84. The van der Waals surface area contributed by atoms with E-state index < -0.39 is 0 Å². The SMILES string of the molecule is CCCCC[C@H]1CC[C@H](C#Cc2ccc(Cl)cc2)CC1. The van der Waals surface area contributed by atoms with E-state index >= 15 is 0 Å². The zero-order valence-electron chi connectivity index (χ0n) is 12.5. The molecule has 0 atom stereocenters. The molecule has 108 valence electrons. The van der Waals surface area contributed by atoms with Crippen LogP contribution in [0.4, 0.5) is 0 Å². The molecule has 0 bridgehead atoms. The van der Waals surface area contributed by atoms with Crippen molar-refractivity contribution < 1.29 is 0 Å². The summed E-state index contributed by atoms with van der Waals surface area (Å²) >= 11 is 5.88. The topological polar surface area (TPSA) is 0 Å². The first-order valence-corrected chi connectivity index (χ1v) is 8.43. The van der Waals surface area contributed by atoms with Crippen molar-refractivity contribution in [1.29, 1.82) is 0 Å². The van der Waals surface area contributed by atoms with Crippen LogP contribution in [0.15, 0.2) is 24.3 Å². The number of rotatable bonds is 4. The maximum Gasteiger partial charge on any atom is 0.0406 e. The molecule has 0 aromatic heterocycles. The molecule has 0 N–H and O–H groups in total. The highest BCUT2D eigenvalue weighted by atomic mass is 35.5. The summed E-state index contributed by atoms with van der Waals surface area (Å²) in [5, 5.41) is 0.781. The van der Waals surface area contributed by atoms with Crippen molar-refractivity contribution in [2.45, 2.75) is 58.3 Å². The predicted octanol–water partition coefficient (Wildman–Crippen LogP) is 6.08. The maximum absolute atomic E-state index is 5.88. The van der Waals surface area contributed by atoms with Gasteiger partial charge in [0.15, 0.2) is 0 Å². The van der Waals surface area contributed by atoms with E-state index in [2.05, 4.69) is 18.8 Å². The molecule has 1 aromatic carbocycles. The second kappa shape index (κ2) is 8.38. The van der Waals surface area contributed by atoms with Crippen molar-refractivity contribution in [1.82, 2.24) is 0 Å². The van der Waals surface area contributed by atoms with Crippen LogP contribution < -0.4 is 0 Å². The lowest BCUT2D eigenvalue weighted by Gasteiger charge is -2.25. The molecule has 0 radical (unpaired) electrons. The van der Waals surface area contributed by atoms with Gasteiger partial charge in [0, 0.05) is 16.5 Å². The summed E-state index contributed by atoms with van der Waals surface area (Å²) in [6.07, 6.45) is 10.9. The average molecular weight is 289 g/mol. The van der Waals surface area contributed by atoms with Gasteiger partial charge in [0.25, 0.3) is 0 Å². The fourth-order valence-corrected chi connectivity index (χ4v) is 3.12. The van der Waals surface area contributed by atoms with Crippen LogP contribution in [0.3, 0.4) is 0 Å². The van der Waals surface area contributed by atoms with Crippen LogP contribution in [0.2, 0.25) is 5.02 Å².